The highest BCUT2D eigenvalue weighted by molar-refractivity contribution is 7.14. The van der Waals surface area contributed by atoms with Crippen LogP contribution in [0.2, 0.25) is 0 Å². The molecule has 0 saturated carbocycles. The van der Waals surface area contributed by atoms with Gasteiger partial charge < -0.3 is 5.73 Å². The third-order valence-electron chi connectivity index (χ3n) is 1.56. The topological polar surface area (TPSA) is 80.5 Å². The van der Waals surface area contributed by atoms with Crippen LogP contribution in [0.3, 0.4) is 0 Å². The van der Waals surface area contributed by atoms with Crippen LogP contribution in [-0.2, 0) is 6.42 Å². The largest absolute Gasteiger partial charge is 0.330 e. The highest BCUT2D eigenvalue weighted by Crippen LogP contribution is 2.20. The summed E-state index contributed by atoms with van der Waals surface area (Å²) in [6.07, 6.45) is 2.48. The van der Waals surface area contributed by atoms with E-state index in [2.05, 4.69) is 20.4 Å². The van der Waals surface area contributed by atoms with E-state index < -0.39 is 0 Å². The second kappa shape index (κ2) is 3.63. The maximum Gasteiger partial charge on any atom is 0.165 e. The lowest BCUT2D eigenvalue weighted by Gasteiger charge is -1.85. The first-order valence-electron chi connectivity index (χ1n) is 3.92. The Hall–Kier alpha value is -1.27. The molecule has 2 rings (SSSR count). The molecule has 0 spiro atoms. The Bertz CT molecular complexity index is 366. The molecule has 0 aliphatic heterocycles. The van der Waals surface area contributed by atoms with Crippen molar-refractivity contribution in [3.63, 3.8) is 0 Å². The molecule has 0 bridgehead atoms. The smallest absolute Gasteiger partial charge is 0.165 e. The van der Waals surface area contributed by atoms with Crippen molar-refractivity contribution in [1.29, 1.82) is 0 Å². The highest BCUT2D eigenvalue weighted by atomic mass is 32.1. The standard InChI is InChI=1S/C7H9N5S/c8-3-1-6-11-12-7(13-6)5-2-4-9-10-5/h2,4H,1,3,8H2,(H,9,10). The van der Waals surface area contributed by atoms with E-state index in [-0.39, 0.29) is 0 Å². The fraction of sp³-hybridized carbons (Fsp3) is 0.286. The summed E-state index contributed by atoms with van der Waals surface area (Å²) in [4.78, 5) is 0. The maximum atomic E-state index is 5.41. The molecule has 5 nitrogen and oxygen atoms in total. The molecule has 0 aliphatic rings. The summed E-state index contributed by atoms with van der Waals surface area (Å²) < 4.78 is 0. The van der Waals surface area contributed by atoms with Crippen molar-refractivity contribution < 1.29 is 0 Å². The van der Waals surface area contributed by atoms with Crippen molar-refractivity contribution in [3.05, 3.63) is 17.3 Å². The Kier molecular flexibility index (Phi) is 2.33. The van der Waals surface area contributed by atoms with Crippen molar-refractivity contribution in [2.45, 2.75) is 6.42 Å². The van der Waals surface area contributed by atoms with E-state index in [1.807, 2.05) is 6.07 Å². The van der Waals surface area contributed by atoms with Gasteiger partial charge in [-0.2, -0.15) is 5.10 Å². The van der Waals surface area contributed by atoms with E-state index in [4.69, 9.17) is 5.73 Å². The van der Waals surface area contributed by atoms with E-state index in [0.717, 1.165) is 22.1 Å². The summed E-state index contributed by atoms with van der Waals surface area (Å²) in [6, 6.07) is 1.87. The number of rotatable bonds is 3. The minimum absolute atomic E-state index is 0.609. The average Bonchev–Trinajstić information content (AvgIpc) is 2.70. The summed E-state index contributed by atoms with van der Waals surface area (Å²) >= 11 is 1.54. The van der Waals surface area contributed by atoms with E-state index in [1.165, 1.54) is 0 Å². The quantitative estimate of drug-likeness (QED) is 0.744. The molecule has 0 amide bonds. The zero-order valence-electron chi connectivity index (χ0n) is 6.90. The minimum atomic E-state index is 0.609. The molecule has 6 heteroatoms. The van der Waals surface area contributed by atoms with Gasteiger partial charge in [-0.25, -0.2) is 0 Å². The van der Waals surface area contributed by atoms with Crippen LogP contribution in [-0.4, -0.2) is 26.9 Å². The number of hydrogen-bond donors (Lipinski definition) is 2. The van der Waals surface area contributed by atoms with Gasteiger partial charge in [0.1, 0.15) is 5.01 Å². The van der Waals surface area contributed by atoms with Gasteiger partial charge in [0.2, 0.25) is 0 Å². The number of nitrogens with one attached hydrogen (secondary N) is 1. The van der Waals surface area contributed by atoms with E-state index in [1.54, 1.807) is 17.5 Å². The first-order valence-corrected chi connectivity index (χ1v) is 4.74. The molecule has 0 aliphatic carbocycles. The second-order valence-electron chi connectivity index (χ2n) is 2.51. The van der Waals surface area contributed by atoms with E-state index >= 15 is 0 Å². The number of H-pyrrole nitrogens is 1. The van der Waals surface area contributed by atoms with Crippen LogP contribution >= 0.6 is 11.3 Å². The van der Waals surface area contributed by atoms with Gasteiger partial charge in [-0.15, -0.1) is 10.2 Å². The van der Waals surface area contributed by atoms with E-state index in [9.17, 15) is 0 Å². The molecule has 0 radical (unpaired) electrons. The normalized spacial score (nSPS) is 10.5. The summed E-state index contributed by atoms with van der Waals surface area (Å²) in [6.45, 7) is 0.609. The molecule has 0 unspecified atom stereocenters. The first-order chi connectivity index (χ1) is 6.40. The molecule has 0 aromatic carbocycles. The fourth-order valence-electron chi connectivity index (χ4n) is 0.962. The Morgan fingerprint density at radius 1 is 1.46 bits per heavy atom. The molecule has 2 heterocycles. The SMILES string of the molecule is NCCc1nnc(-c2ccn[nH]2)s1. The lowest BCUT2D eigenvalue weighted by molar-refractivity contribution is 0.912. The Balaban J connectivity index is 2.23. The second-order valence-corrected chi connectivity index (χ2v) is 3.57. The van der Waals surface area contributed by atoms with Gasteiger partial charge >= 0.3 is 0 Å². The van der Waals surface area contributed by atoms with Crippen LogP contribution < -0.4 is 5.73 Å². The minimum Gasteiger partial charge on any atom is -0.330 e. The number of aromatic nitrogens is 4. The van der Waals surface area contributed by atoms with Gasteiger partial charge in [-0.3, -0.25) is 5.10 Å². The summed E-state index contributed by atoms with van der Waals surface area (Å²) in [5.41, 5.74) is 6.31. The van der Waals surface area contributed by atoms with Crippen molar-refractivity contribution in [3.8, 4) is 10.7 Å². The van der Waals surface area contributed by atoms with Gasteiger partial charge in [0.05, 0.1) is 5.69 Å². The monoisotopic (exact) mass is 195 g/mol. The zero-order valence-corrected chi connectivity index (χ0v) is 7.71. The summed E-state index contributed by atoms with van der Waals surface area (Å²) in [5, 5.41) is 16.5. The summed E-state index contributed by atoms with van der Waals surface area (Å²) in [5.74, 6) is 0. The Morgan fingerprint density at radius 3 is 3.08 bits per heavy atom. The highest BCUT2D eigenvalue weighted by Gasteiger charge is 2.06. The molecule has 0 saturated heterocycles. The predicted octanol–water partition coefficient (Wildman–Crippen LogP) is 0.429. The molecule has 2 aromatic rings. The third kappa shape index (κ3) is 1.73. The molecule has 0 atom stereocenters. The van der Waals surface area contributed by atoms with Crippen LogP contribution in [0.4, 0.5) is 0 Å². The number of nitrogens with two attached hydrogens (primary N) is 1. The van der Waals surface area contributed by atoms with Crippen molar-refractivity contribution in [1.82, 2.24) is 20.4 Å². The number of aromatic amines is 1. The Morgan fingerprint density at radius 2 is 2.38 bits per heavy atom. The average molecular weight is 195 g/mol. The molecule has 68 valence electrons. The molecule has 2 aromatic heterocycles. The van der Waals surface area contributed by atoms with Gasteiger partial charge in [-0.05, 0) is 12.6 Å². The first kappa shape index (κ1) is 8.33. The van der Waals surface area contributed by atoms with Crippen LogP contribution in [0, 0.1) is 0 Å². The fourth-order valence-corrected chi connectivity index (χ4v) is 1.79. The van der Waals surface area contributed by atoms with Crippen LogP contribution in [0.1, 0.15) is 5.01 Å². The van der Waals surface area contributed by atoms with Crippen LogP contribution in [0.15, 0.2) is 12.3 Å². The molecular weight excluding hydrogens is 186 g/mol. The lowest BCUT2D eigenvalue weighted by Crippen LogP contribution is -2.01. The van der Waals surface area contributed by atoms with E-state index in [0.29, 0.717) is 6.54 Å². The molecule has 13 heavy (non-hydrogen) atoms. The molecule has 0 fully saturated rings. The van der Waals surface area contributed by atoms with Crippen LogP contribution in [0.5, 0.6) is 0 Å². The number of nitrogens with zero attached hydrogens (tertiary/aromatic N) is 3. The zero-order chi connectivity index (χ0) is 9.10. The summed E-state index contributed by atoms with van der Waals surface area (Å²) in [7, 11) is 0. The number of hydrogen-bond acceptors (Lipinski definition) is 5. The van der Waals surface area contributed by atoms with Gasteiger partial charge in [-0.1, -0.05) is 11.3 Å². The van der Waals surface area contributed by atoms with Gasteiger partial charge in [0.15, 0.2) is 5.01 Å². The van der Waals surface area contributed by atoms with Crippen molar-refractivity contribution in [2.75, 3.05) is 6.54 Å². The van der Waals surface area contributed by atoms with Crippen molar-refractivity contribution >= 4 is 11.3 Å². The van der Waals surface area contributed by atoms with Gasteiger partial charge in [0.25, 0.3) is 0 Å². The molecular formula is C7H9N5S. The van der Waals surface area contributed by atoms with Crippen LogP contribution in [0.25, 0.3) is 10.7 Å². The third-order valence-corrected chi connectivity index (χ3v) is 2.57. The Labute approximate surface area is 79.0 Å². The lowest BCUT2D eigenvalue weighted by atomic mass is 10.5. The predicted molar refractivity (Wildman–Crippen MR) is 50.2 cm³/mol. The molecule has 3 N–H and O–H groups in total. The maximum absolute atomic E-state index is 5.41. The van der Waals surface area contributed by atoms with Gasteiger partial charge in [0, 0.05) is 12.6 Å². The van der Waals surface area contributed by atoms with Crippen molar-refractivity contribution in [2.24, 2.45) is 5.73 Å².